The van der Waals surface area contributed by atoms with Gasteiger partial charge in [0, 0.05) is 19.3 Å². The second-order valence-corrected chi connectivity index (χ2v) is 6.60. The van der Waals surface area contributed by atoms with Crippen LogP contribution >= 0.6 is 0 Å². The molecule has 1 saturated carbocycles. The average molecular weight is 361 g/mol. The Morgan fingerprint density at radius 3 is 2.65 bits per heavy atom. The zero-order valence-corrected chi connectivity index (χ0v) is 13.8. The summed E-state index contributed by atoms with van der Waals surface area (Å²) in [6.07, 6.45) is 2.71. The molecule has 2 aromatic rings. The highest BCUT2D eigenvalue weighted by Gasteiger charge is 2.36. The lowest BCUT2D eigenvalue weighted by molar-refractivity contribution is -0.118. The molecule has 1 fully saturated rings. The first-order valence-corrected chi connectivity index (χ1v) is 8.14. The molecule has 0 saturated heterocycles. The van der Waals surface area contributed by atoms with Crippen LogP contribution < -0.4 is 15.6 Å². The van der Waals surface area contributed by atoms with E-state index in [1.807, 2.05) is 0 Å². The van der Waals surface area contributed by atoms with Gasteiger partial charge in [-0.05, 0) is 18.9 Å². The predicted octanol–water partition coefficient (Wildman–Crippen LogP) is 0.923. The monoisotopic (exact) mass is 361 g/mol. The number of carbonyl (C=O) groups excluding carboxylic acids is 1. The molecule has 0 spiro atoms. The number of nitrogens with one attached hydrogen (secondary N) is 1. The minimum atomic E-state index is -1.38. The number of carboxylic acids is 1. The van der Waals surface area contributed by atoms with Crippen molar-refractivity contribution in [1.29, 1.82) is 0 Å². The maximum atomic E-state index is 15.4. The molecule has 0 radical (unpaired) electrons. The molecule has 4 rings (SSSR count). The summed E-state index contributed by atoms with van der Waals surface area (Å²) in [6.45, 7) is -0.493. The quantitative estimate of drug-likeness (QED) is 0.750. The molecule has 1 atom stereocenters. The lowest BCUT2D eigenvalue weighted by Gasteiger charge is -2.35. The highest BCUT2D eigenvalue weighted by atomic mass is 19.1. The molecule has 1 aromatic carbocycles. The van der Waals surface area contributed by atoms with Crippen molar-refractivity contribution in [3.8, 4) is 0 Å². The van der Waals surface area contributed by atoms with E-state index in [0.29, 0.717) is 0 Å². The number of halogens is 1. The molecule has 0 bridgehead atoms. The molecule has 8 nitrogen and oxygen atoms in total. The number of fused-ring (bicyclic) bond motifs is 2. The van der Waals surface area contributed by atoms with Gasteiger partial charge in [-0.25, -0.2) is 9.18 Å². The van der Waals surface area contributed by atoms with Gasteiger partial charge in [0.15, 0.2) is 5.82 Å². The second kappa shape index (κ2) is 5.53. The number of benzene rings is 1. The number of pyridine rings is 1. The molecule has 1 aliphatic carbocycles. The first-order valence-electron chi connectivity index (χ1n) is 8.14. The van der Waals surface area contributed by atoms with Crippen molar-refractivity contribution < 1.29 is 24.2 Å². The maximum absolute atomic E-state index is 15.4. The molecular formula is C17H16FN3O5. The summed E-state index contributed by atoms with van der Waals surface area (Å²) in [6, 6.07) is 0.290. The van der Waals surface area contributed by atoms with Gasteiger partial charge in [0.05, 0.1) is 28.9 Å². The van der Waals surface area contributed by atoms with Gasteiger partial charge < -0.3 is 25.0 Å². The molecule has 1 aliphatic heterocycles. The maximum Gasteiger partial charge on any atom is 0.341 e. The Balaban J connectivity index is 2.09. The van der Waals surface area contributed by atoms with E-state index in [1.54, 1.807) is 0 Å². The first kappa shape index (κ1) is 16.5. The van der Waals surface area contributed by atoms with Gasteiger partial charge in [-0.1, -0.05) is 0 Å². The van der Waals surface area contributed by atoms with Crippen LogP contribution in [0, 0.1) is 5.82 Å². The van der Waals surface area contributed by atoms with Crippen LogP contribution in [0.4, 0.5) is 15.8 Å². The SMILES string of the molecule is CN1c2c(cc3c(=O)c(C(=O)O)cn(C4CC4)c3c2F)NC(=O)C1CO. The van der Waals surface area contributed by atoms with Crippen molar-refractivity contribution in [2.45, 2.75) is 24.9 Å². The zero-order chi connectivity index (χ0) is 18.7. The molecule has 26 heavy (non-hydrogen) atoms. The normalized spacial score (nSPS) is 19.4. The van der Waals surface area contributed by atoms with E-state index in [2.05, 4.69) is 5.32 Å². The zero-order valence-electron chi connectivity index (χ0n) is 13.8. The minimum Gasteiger partial charge on any atom is -0.477 e. The molecule has 9 heteroatoms. The number of nitrogens with zero attached hydrogens (tertiary/aromatic N) is 2. The molecule has 136 valence electrons. The van der Waals surface area contributed by atoms with Crippen LogP contribution in [0.1, 0.15) is 29.2 Å². The number of carboxylic acid groups (broad SMARTS) is 1. The van der Waals surface area contributed by atoms with Crippen molar-refractivity contribution in [3.05, 3.63) is 33.9 Å². The molecule has 2 aliphatic rings. The number of aliphatic hydroxyl groups excluding tert-OH is 1. The van der Waals surface area contributed by atoms with E-state index in [-0.39, 0.29) is 28.3 Å². The Kier molecular flexibility index (Phi) is 3.52. The first-order chi connectivity index (χ1) is 12.3. The molecule has 2 heterocycles. The van der Waals surface area contributed by atoms with Crippen LogP contribution in [0.15, 0.2) is 17.1 Å². The van der Waals surface area contributed by atoms with Crippen LogP contribution in [-0.2, 0) is 4.79 Å². The average Bonchev–Trinajstić information content (AvgIpc) is 3.40. The van der Waals surface area contributed by atoms with Crippen LogP contribution in [0.25, 0.3) is 10.9 Å². The Hall–Kier alpha value is -2.94. The smallest absolute Gasteiger partial charge is 0.341 e. The largest absolute Gasteiger partial charge is 0.477 e. The van der Waals surface area contributed by atoms with Gasteiger partial charge in [0.1, 0.15) is 11.6 Å². The van der Waals surface area contributed by atoms with Crippen molar-refractivity contribution in [2.24, 2.45) is 0 Å². The number of rotatable bonds is 3. The number of hydrogen-bond donors (Lipinski definition) is 3. The van der Waals surface area contributed by atoms with Crippen LogP contribution in [-0.4, -0.2) is 46.4 Å². The van der Waals surface area contributed by atoms with E-state index in [4.69, 9.17) is 0 Å². The summed E-state index contributed by atoms with van der Waals surface area (Å²) < 4.78 is 16.9. The summed E-state index contributed by atoms with van der Waals surface area (Å²) in [4.78, 5) is 37.4. The molecule has 1 aromatic heterocycles. The number of aliphatic hydroxyl groups is 1. The van der Waals surface area contributed by atoms with Crippen molar-refractivity contribution in [2.75, 3.05) is 23.9 Å². The number of amides is 1. The Labute approximate surface area is 146 Å². The molecular weight excluding hydrogens is 345 g/mol. The fourth-order valence-corrected chi connectivity index (χ4v) is 3.45. The molecule has 1 unspecified atom stereocenters. The minimum absolute atomic E-state index is 0.0148. The third kappa shape index (κ3) is 2.20. The van der Waals surface area contributed by atoms with Gasteiger partial charge in [-0.2, -0.15) is 0 Å². The third-order valence-electron chi connectivity index (χ3n) is 4.95. The van der Waals surface area contributed by atoms with Crippen molar-refractivity contribution in [1.82, 2.24) is 4.57 Å². The van der Waals surface area contributed by atoms with Gasteiger partial charge >= 0.3 is 5.97 Å². The van der Waals surface area contributed by atoms with Crippen molar-refractivity contribution in [3.63, 3.8) is 0 Å². The van der Waals surface area contributed by atoms with Crippen LogP contribution in [0.2, 0.25) is 0 Å². The Bertz CT molecular complexity index is 1030. The summed E-state index contributed by atoms with van der Waals surface area (Å²) in [7, 11) is 1.48. The predicted molar refractivity (Wildman–Crippen MR) is 91.3 cm³/mol. The summed E-state index contributed by atoms with van der Waals surface area (Å²) in [5.41, 5.74) is -1.08. The molecule has 1 amide bonds. The third-order valence-corrected chi connectivity index (χ3v) is 4.95. The second-order valence-electron chi connectivity index (χ2n) is 6.60. The summed E-state index contributed by atoms with van der Waals surface area (Å²) in [5, 5.41) is 21.1. The highest BCUT2D eigenvalue weighted by Crippen LogP contribution is 2.42. The van der Waals surface area contributed by atoms with E-state index < -0.39 is 41.3 Å². The van der Waals surface area contributed by atoms with Crippen molar-refractivity contribution >= 4 is 34.2 Å². The Morgan fingerprint density at radius 1 is 1.38 bits per heavy atom. The lowest BCUT2D eigenvalue weighted by atomic mass is 10.0. The number of likely N-dealkylation sites (N-methyl/N-ethyl adjacent to an activating group) is 1. The fourth-order valence-electron chi connectivity index (χ4n) is 3.45. The lowest BCUT2D eigenvalue weighted by Crippen LogP contribution is -2.48. The summed E-state index contributed by atoms with van der Waals surface area (Å²) in [5.74, 6) is -2.64. The topological polar surface area (TPSA) is 112 Å². The van der Waals surface area contributed by atoms with Gasteiger partial charge in [-0.15, -0.1) is 0 Å². The molecule has 3 N–H and O–H groups in total. The van der Waals surface area contributed by atoms with E-state index in [0.717, 1.165) is 12.8 Å². The van der Waals surface area contributed by atoms with Gasteiger partial charge in [0.2, 0.25) is 11.3 Å². The number of hydrogen-bond acceptors (Lipinski definition) is 5. The number of aromatic carboxylic acids is 1. The van der Waals surface area contributed by atoms with Crippen LogP contribution in [0.5, 0.6) is 0 Å². The van der Waals surface area contributed by atoms with E-state index >= 15 is 4.39 Å². The Morgan fingerprint density at radius 2 is 2.08 bits per heavy atom. The van der Waals surface area contributed by atoms with E-state index in [9.17, 15) is 24.6 Å². The number of carbonyl (C=O) groups is 2. The fraction of sp³-hybridized carbons (Fsp3) is 0.353. The number of aromatic nitrogens is 1. The van der Waals surface area contributed by atoms with Crippen LogP contribution in [0.3, 0.4) is 0 Å². The van der Waals surface area contributed by atoms with E-state index in [1.165, 1.54) is 28.8 Å². The van der Waals surface area contributed by atoms with Gasteiger partial charge in [0.25, 0.3) is 0 Å². The number of anilines is 2. The highest BCUT2D eigenvalue weighted by molar-refractivity contribution is 6.07. The standard InChI is InChI=1S/C17H16FN3O5/c1-20-11(6-22)16(24)19-10-4-8-13(12(18)14(10)20)21(7-2-3-7)5-9(15(8)23)17(25)26/h4-5,7,11,22H,2-3,6H2,1H3,(H,19,24)(H,25,26). The summed E-state index contributed by atoms with van der Waals surface area (Å²) >= 11 is 0. The van der Waals surface area contributed by atoms with Gasteiger partial charge in [-0.3, -0.25) is 9.59 Å².